The molecule has 1 aliphatic rings. The number of sulfonamides is 1. The topological polar surface area (TPSA) is 78.5 Å². The summed E-state index contributed by atoms with van der Waals surface area (Å²) in [5, 5.41) is 2.91. The molecule has 1 fully saturated rings. The highest BCUT2D eigenvalue weighted by Gasteiger charge is 2.26. The Labute approximate surface area is 116 Å². The van der Waals surface area contributed by atoms with Crippen LogP contribution in [0.3, 0.4) is 0 Å². The first kappa shape index (κ1) is 16.2. The molecule has 0 aromatic rings. The Bertz CT molecular complexity index is 406. The number of urea groups is 1. The van der Waals surface area contributed by atoms with Crippen LogP contribution >= 0.6 is 0 Å². The smallest absolute Gasteiger partial charge is 0.317 e. The molecule has 0 unspecified atom stereocenters. The summed E-state index contributed by atoms with van der Waals surface area (Å²) in [7, 11) is -3.15. The number of carbonyl (C=O) groups is 1. The second-order valence-corrected chi connectivity index (χ2v) is 8.01. The summed E-state index contributed by atoms with van der Waals surface area (Å²) in [5.74, 6) is 0.0950. The molecule has 1 saturated heterocycles. The van der Waals surface area contributed by atoms with E-state index in [-0.39, 0.29) is 23.4 Å². The van der Waals surface area contributed by atoms with Gasteiger partial charge in [-0.25, -0.2) is 17.9 Å². The standard InChI is InChI=1S/C12H25N3O3S/c1-5-19(17,18)14-10-6-8-15(9-7-10)11(16)13-12(2,3)4/h10,14H,5-9H2,1-4H3,(H,13,16). The summed E-state index contributed by atoms with van der Waals surface area (Å²) < 4.78 is 25.6. The van der Waals surface area contributed by atoms with Crippen molar-refractivity contribution in [2.75, 3.05) is 18.8 Å². The third-order valence-corrected chi connectivity index (χ3v) is 4.44. The molecule has 19 heavy (non-hydrogen) atoms. The first-order chi connectivity index (χ1) is 8.63. The molecule has 7 heteroatoms. The van der Waals surface area contributed by atoms with Gasteiger partial charge < -0.3 is 10.2 Å². The highest BCUT2D eigenvalue weighted by Crippen LogP contribution is 2.12. The van der Waals surface area contributed by atoms with Crippen molar-refractivity contribution in [3.05, 3.63) is 0 Å². The lowest BCUT2D eigenvalue weighted by molar-refractivity contribution is 0.172. The van der Waals surface area contributed by atoms with Gasteiger partial charge in [-0.05, 0) is 40.5 Å². The average molecular weight is 291 g/mol. The van der Waals surface area contributed by atoms with E-state index in [1.165, 1.54) is 0 Å². The van der Waals surface area contributed by atoms with Crippen LogP contribution in [0.4, 0.5) is 4.79 Å². The minimum atomic E-state index is -3.15. The molecule has 0 bridgehead atoms. The molecule has 1 rings (SSSR count). The van der Waals surface area contributed by atoms with Crippen LogP contribution in [0.2, 0.25) is 0 Å². The quantitative estimate of drug-likeness (QED) is 0.811. The van der Waals surface area contributed by atoms with E-state index in [0.29, 0.717) is 25.9 Å². The monoisotopic (exact) mass is 291 g/mol. The van der Waals surface area contributed by atoms with Crippen molar-refractivity contribution in [2.24, 2.45) is 0 Å². The molecule has 0 aromatic heterocycles. The predicted molar refractivity (Wildman–Crippen MR) is 75.5 cm³/mol. The van der Waals surface area contributed by atoms with Gasteiger partial charge in [-0.1, -0.05) is 0 Å². The number of hydrogen-bond acceptors (Lipinski definition) is 3. The number of hydrogen-bond donors (Lipinski definition) is 2. The highest BCUT2D eigenvalue weighted by atomic mass is 32.2. The summed E-state index contributed by atoms with van der Waals surface area (Å²) in [6, 6.07) is -0.132. The fourth-order valence-electron chi connectivity index (χ4n) is 1.94. The lowest BCUT2D eigenvalue weighted by Gasteiger charge is -2.34. The van der Waals surface area contributed by atoms with E-state index < -0.39 is 10.0 Å². The lowest BCUT2D eigenvalue weighted by Crippen LogP contribution is -2.53. The van der Waals surface area contributed by atoms with Crippen molar-refractivity contribution in [2.45, 2.75) is 52.1 Å². The molecule has 0 aromatic carbocycles. The Morgan fingerprint density at radius 1 is 1.26 bits per heavy atom. The molecule has 2 amide bonds. The van der Waals surface area contributed by atoms with E-state index in [4.69, 9.17) is 0 Å². The van der Waals surface area contributed by atoms with Crippen molar-refractivity contribution in [1.82, 2.24) is 14.9 Å². The zero-order chi connectivity index (χ0) is 14.7. The maximum atomic E-state index is 11.9. The second-order valence-electron chi connectivity index (χ2n) is 5.96. The summed E-state index contributed by atoms with van der Waals surface area (Å²) in [6.45, 7) is 8.60. The maximum absolute atomic E-state index is 11.9. The number of amides is 2. The van der Waals surface area contributed by atoms with Crippen molar-refractivity contribution >= 4 is 16.1 Å². The van der Waals surface area contributed by atoms with E-state index in [1.807, 2.05) is 20.8 Å². The molecule has 0 radical (unpaired) electrons. The van der Waals surface area contributed by atoms with Crippen molar-refractivity contribution in [3.8, 4) is 0 Å². The fourth-order valence-corrected chi connectivity index (χ4v) is 2.85. The molecule has 1 heterocycles. The zero-order valence-electron chi connectivity index (χ0n) is 12.2. The molecule has 1 aliphatic heterocycles. The van der Waals surface area contributed by atoms with Crippen LogP contribution in [0.15, 0.2) is 0 Å². The van der Waals surface area contributed by atoms with E-state index in [9.17, 15) is 13.2 Å². The number of nitrogens with zero attached hydrogens (tertiary/aromatic N) is 1. The number of rotatable bonds is 3. The number of likely N-dealkylation sites (tertiary alicyclic amines) is 1. The molecule has 2 N–H and O–H groups in total. The summed E-state index contributed by atoms with van der Waals surface area (Å²) in [5.41, 5.74) is -0.252. The van der Waals surface area contributed by atoms with Gasteiger partial charge in [0.05, 0.1) is 5.75 Å². The van der Waals surface area contributed by atoms with E-state index in [1.54, 1.807) is 11.8 Å². The second kappa shape index (κ2) is 6.09. The SMILES string of the molecule is CCS(=O)(=O)NC1CCN(C(=O)NC(C)(C)C)CC1. The van der Waals surface area contributed by atoms with E-state index in [0.717, 1.165) is 0 Å². The summed E-state index contributed by atoms with van der Waals surface area (Å²) >= 11 is 0. The first-order valence-corrected chi connectivity index (χ1v) is 8.35. The van der Waals surface area contributed by atoms with Gasteiger partial charge in [0.1, 0.15) is 0 Å². The minimum absolute atomic E-state index is 0.0522. The van der Waals surface area contributed by atoms with Crippen molar-refractivity contribution < 1.29 is 13.2 Å². The number of nitrogens with one attached hydrogen (secondary N) is 2. The normalized spacial score (nSPS) is 18.4. The molecule has 0 aliphatic carbocycles. The van der Waals surface area contributed by atoms with Crippen LogP contribution in [-0.4, -0.2) is 49.8 Å². The number of piperidine rings is 1. The summed E-state index contributed by atoms with van der Waals surface area (Å²) in [4.78, 5) is 13.7. The van der Waals surface area contributed by atoms with Crippen molar-refractivity contribution in [3.63, 3.8) is 0 Å². The van der Waals surface area contributed by atoms with Crippen LogP contribution in [-0.2, 0) is 10.0 Å². The first-order valence-electron chi connectivity index (χ1n) is 6.70. The van der Waals surface area contributed by atoms with Gasteiger partial charge in [0.15, 0.2) is 0 Å². The molecule has 0 atom stereocenters. The Morgan fingerprint density at radius 2 is 1.79 bits per heavy atom. The van der Waals surface area contributed by atoms with Gasteiger partial charge in [-0.15, -0.1) is 0 Å². The van der Waals surface area contributed by atoms with Crippen molar-refractivity contribution in [1.29, 1.82) is 0 Å². The van der Waals surface area contributed by atoms with Crippen LogP contribution in [0, 0.1) is 0 Å². The minimum Gasteiger partial charge on any atom is -0.333 e. The van der Waals surface area contributed by atoms with Gasteiger partial charge >= 0.3 is 6.03 Å². The van der Waals surface area contributed by atoms with Gasteiger partial charge in [0.2, 0.25) is 10.0 Å². The number of carbonyl (C=O) groups excluding carboxylic acids is 1. The Kier molecular flexibility index (Phi) is 5.20. The highest BCUT2D eigenvalue weighted by molar-refractivity contribution is 7.89. The van der Waals surface area contributed by atoms with Gasteiger partial charge in [-0.3, -0.25) is 0 Å². The molecule has 112 valence electrons. The van der Waals surface area contributed by atoms with Gasteiger partial charge in [0, 0.05) is 24.7 Å². The molecular formula is C12H25N3O3S. The predicted octanol–water partition coefficient (Wildman–Crippen LogP) is 0.898. The Balaban J connectivity index is 2.43. The largest absolute Gasteiger partial charge is 0.333 e. The molecule has 0 spiro atoms. The molecular weight excluding hydrogens is 266 g/mol. The van der Waals surface area contributed by atoms with Crippen LogP contribution in [0.1, 0.15) is 40.5 Å². The van der Waals surface area contributed by atoms with Crippen LogP contribution in [0.25, 0.3) is 0 Å². The fraction of sp³-hybridized carbons (Fsp3) is 0.917. The van der Waals surface area contributed by atoms with E-state index in [2.05, 4.69) is 10.0 Å². The molecule has 0 saturated carbocycles. The Hall–Kier alpha value is -0.820. The average Bonchev–Trinajstić information content (AvgIpc) is 2.27. The van der Waals surface area contributed by atoms with Crippen LogP contribution < -0.4 is 10.0 Å². The lowest BCUT2D eigenvalue weighted by atomic mass is 10.1. The summed E-state index contributed by atoms with van der Waals surface area (Å²) in [6.07, 6.45) is 1.33. The van der Waals surface area contributed by atoms with Gasteiger partial charge in [0.25, 0.3) is 0 Å². The third-order valence-electron chi connectivity index (χ3n) is 2.99. The zero-order valence-corrected chi connectivity index (χ0v) is 13.0. The van der Waals surface area contributed by atoms with Crippen LogP contribution in [0.5, 0.6) is 0 Å². The maximum Gasteiger partial charge on any atom is 0.317 e. The van der Waals surface area contributed by atoms with E-state index >= 15 is 0 Å². The third kappa shape index (κ3) is 5.78. The Morgan fingerprint density at radius 3 is 2.21 bits per heavy atom. The molecule has 6 nitrogen and oxygen atoms in total. The van der Waals surface area contributed by atoms with Gasteiger partial charge in [-0.2, -0.15) is 0 Å².